The maximum Gasteiger partial charge on any atom is 0.317 e. The van der Waals surface area contributed by atoms with Gasteiger partial charge in [-0.15, -0.1) is 9.20 Å². The number of methoxy groups -OCH3 is 2. The number of aromatic nitrogens is 6. The van der Waals surface area contributed by atoms with Gasteiger partial charge in [-0.25, -0.2) is 14.1 Å². The van der Waals surface area contributed by atoms with Gasteiger partial charge in [-0.1, -0.05) is 12.1 Å². The third-order valence-electron chi connectivity index (χ3n) is 16.8. The SMILES string of the molecule is COC1(c2ccc(-c3cc4c(N5CCN(C(=O)NC(C)C[n+]6ccc(N7CCN(C(=O)NC(C)C)CC7)c7cc(-c8ccc([C@@]9(OC)CCCN(C(C)C)C9)cn8)cn76)CC5)ccnn4c3)nc2)CCN(C(C)C)CC1. The molecule has 10 heterocycles. The Hall–Kier alpha value is -6.34. The van der Waals surface area contributed by atoms with E-state index in [1.54, 1.807) is 0 Å². The minimum absolute atomic E-state index is 0.0189. The molecule has 6 aromatic heterocycles. The summed E-state index contributed by atoms with van der Waals surface area (Å²) >= 11 is 0. The fraction of sp³-hybridized carbons (Fsp3) is 0.552. The van der Waals surface area contributed by atoms with Gasteiger partial charge in [0.2, 0.25) is 0 Å². The molecule has 4 aliphatic heterocycles. The summed E-state index contributed by atoms with van der Waals surface area (Å²) < 4.78 is 18.8. The van der Waals surface area contributed by atoms with Gasteiger partial charge in [-0.3, -0.25) is 14.9 Å². The van der Waals surface area contributed by atoms with Gasteiger partial charge in [-0.2, -0.15) is 5.10 Å². The summed E-state index contributed by atoms with van der Waals surface area (Å²) in [7, 11) is 3.65. The smallest absolute Gasteiger partial charge is 0.317 e. The van der Waals surface area contributed by atoms with E-state index in [1.807, 2.05) is 67.2 Å². The lowest BCUT2D eigenvalue weighted by atomic mass is 9.84. The Morgan fingerprint density at radius 3 is 1.76 bits per heavy atom. The molecule has 1 unspecified atom stereocenters. The van der Waals surface area contributed by atoms with E-state index in [1.165, 1.54) is 0 Å². The zero-order valence-electron chi connectivity index (χ0n) is 46.4. The predicted octanol–water partition coefficient (Wildman–Crippen LogP) is 6.85. The van der Waals surface area contributed by atoms with E-state index in [9.17, 15) is 9.59 Å². The lowest BCUT2D eigenvalue weighted by Gasteiger charge is -2.43. The Bertz CT molecular complexity index is 2950. The number of nitrogens with one attached hydrogen (secondary N) is 2. The van der Waals surface area contributed by atoms with Crippen molar-refractivity contribution in [2.75, 3.05) is 103 Å². The summed E-state index contributed by atoms with van der Waals surface area (Å²) in [5, 5.41) is 11.1. The summed E-state index contributed by atoms with van der Waals surface area (Å²) in [5.74, 6) is 0. The molecule has 0 saturated carbocycles. The Kier molecular flexibility index (Phi) is 15.6. The number of rotatable bonds is 14. The molecule has 406 valence electrons. The van der Waals surface area contributed by atoms with E-state index in [-0.39, 0.29) is 29.7 Å². The highest BCUT2D eigenvalue weighted by Gasteiger charge is 2.39. The molecule has 4 saturated heterocycles. The van der Waals surface area contributed by atoms with E-state index in [4.69, 9.17) is 19.4 Å². The predicted molar refractivity (Wildman–Crippen MR) is 298 cm³/mol. The molecule has 4 amide bonds. The van der Waals surface area contributed by atoms with E-state index in [2.05, 4.69) is 140 Å². The second kappa shape index (κ2) is 22.3. The highest BCUT2D eigenvalue weighted by molar-refractivity contribution is 5.81. The van der Waals surface area contributed by atoms with Crippen molar-refractivity contribution >= 4 is 34.5 Å². The van der Waals surface area contributed by atoms with Crippen LogP contribution >= 0.6 is 0 Å². The Balaban J connectivity index is 0.811. The first-order valence-electron chi connectivity index (χ1n) is 27.8. The van der Waals surface area contributed by atoms with Crippen molar-refractivity contribution in [3.8, 4) is 22.5 Å². The summed E-state index contributed by atoms with van der Waals surface area (Å²) in [4.78, 5) is 50.5. The van der Waals surface area contributed by atoms with Gasteiger partial charge < -0.3 is 44.6 Å². The van der Waals surface area contributed by atoms with Crippen LogP contribution in [0.3, 0.4) is 0 Å². The number of hydrogen-bond donors (Lipinski definition) is 2. The fourth-order valence-electron chi connectivity index (χ4n) is 12.1. The number of fused-ring (bicyclic) bond motifs is 2. The average Bonchev–Trinajstić information content (AvgIpc) is 4.13. The summed E-state index contributed by atoms with van der Waals surface area (Å²) in [6.07, 6.45) is 16.1. The van der Waals surface area contributed by atoms with Gasteiger partial charge in [0, 0.05) is 157 Å². The molecule has 6 aromatic rings. The molecule has 2 N–H and O–H groups in total. The van der Waals surface area contributed by atoms with E-state index < -0.39 is 5.60 Å². The number of nitrogens with zero attached hydrogens (tertiary/aromatic N) is 12. The van der Waals surface area contributed by atoms with Crippen LogP contribution in [-0.2, 0) is 27.2 Å². The number of piperidine rings is 2. The van der Waals surface area contributed by atoms with Crippen molar-refractivity contribution in [2.45, 2.75) is 116 Å². The highest BCUT2D eigenvalue weighted by atomic mass is 16.5. The van der Waals surface area contributed by atoms with Crippen molar-refractivity contribution in [3.05, 3.63) is 96.8 Å². The number of likely N-dealkylation sites (tertiary alicyclic amines) is 2. The first kappa shape index (κ1) is 53.1. The number of urea groups is 2. The quantitative estimate of drug-likeness (QED) is 0.111. The van der Waals surface area contributed by atoms with Crippen LogP contribution in [0, 0.1) is 0 Å². The summed E-state index contributed by atoms with van der Waals surface area (Å²) in [6, 6.07) is 18.0. The number of amides is 4. The Morgan fingerprint density at radius 1 is 0.632 bits per heavy atom. The van der Waals surface area contributed by atoms with E-state index >= 15 is 0 Å². The number of carbonyl (C=O) groups excluding carboxylic acids is 2. The van der Waals surface area contributed by atoms with Gasteiger partial charge in [0.25, 0.3) is 0 Å². The normalized spacial score (nSPS) is 20.4. The van der Waals surface area contributed by atoms with Crippen LogP contribution in [0.4, 0.5) is 21.0 Å². The zero-order chi connectivity index (χ0) is 53.3. The third kappa shape index (κ3) is 10.8. The first-order valence-corrected chi connectivity index (χ1v) is 27.8. The molecule has 0 bridgehead atoms. The van der Waals surface area contributed by atoms with Crippen molar-refractivity contribution in [1.29, 1.82) is 0 Å². The monoisotopic (exact) mass is 1040 g/mol. The molecule has 4 aliphatic rings. The number of hydrogen-bond acceptors (Lipinski definition) is 11. The molecule has 76 heavy (non-hydrogen) atoms. The van der Waals surface area contributed by atoms with Crippen molar-refractivity contribution in [3.63, 3.8) is 0 Å². The number of anilines is 2. The van der Waals surface area contributed by atoms with Gasteiger partial charge in [0.1, 0.15) is 11.1 Å². The van der Waals surface area contributed by atoms with Gasteiger partial charge in [0.15, 0.2) is 12.7 Å². The molecule has 0 aliphatic carbocycles. The summed E-state index contributed by atoms with van der Waals surface area (Å²) in [6.45, 7) is 24.8. The van der Waals surface area contributed by atoms with Crippen LogP contribution < -0.4 is 25.1 Å². The first-order chi connectivity index (χ1) is 36.7. The second-order valence-corrected chi connectivity index (χ2v) is 22.5. The van der Waals surface area contributed by atoms with Crippen LogP contribution in [0.15, 0.2) is 85.7 Å². The van der Waals surface area contributed by atoms with Gasteiger partial charge in [-0.05, 0) is 111 Å². The molecule has 18 nitrogen and oxygen atoms in total. The maximum absolute atomic E-state index is 14.0. The van der Waals surface area contributed by atoms with Crippen LogP contribution in [0.2, 0.25) is 0 Å². The standard InChI is InChI=1S/C58H80N14O4/c1-41(2)62-55(73)67-29-27-66(28-30-67)52-16-22-70(72-39-46(34-54(52)72)50-14-12-48(36-60-50)58(76-9)17-10-21-69(40-58)43(5)6)37-44(7)63-56(74)68-31-25-65(26-32-68)51-15-20-61-71-38-45(33-53(51)71)49-13-11-47(35-59-49)57(75-8)18-23-64(24-19-57)42(3)4/h11-16,20,22,33-36,38-39,41-44H,10,17-19,21,23-32,37,40H2,1-9H3,(H-,62,63,73,74)/p+1/t44?,58-/m1/s1. The molecule has 10 rings (SSSR count). The average molecular weight is 1040 g/mol. The Labute approximate surface area is 448 Å². The summed E-state index contributed by atoms with van der Waals surface area (Å²) in [5.41, 5.74) is 9.51. The third-order valence-corrected chi connectivity index (χ3v) is 16.8. The maximum atomic E-state index is 14.0. The van der Waals surface area contributed by atoms with Crippen molar-refractivity contribution in [1.82, 2.24) is 54.3 Å². The van der Waals surface area contributed by atoms with E-state index in [0.29, 0.717) is 71.0 Å². The molecule has 0 aromatic carbocycles. The number of piperazine rings is 2. The minimum Gasteiger partial charge on any atom is -0.373 e. The molecule has 4 fully saturated rings. The minimum atomic E-state index is -0.398. The number of carbonyl (C=O) groups is 2. The van der Waals surface area contributed by atoms with Gasteiger partial charge >= 0.3 is 12.1 Å². The molecule has 18 heteroatoms. The highest BCUT2D eigenvalue weighted by Crippen LogP contribution is 2.39. The lowest BCUT2D eigenvalue weighted by molar-refractivity contribution is -0.764. The number of ether oxygens (including phenoxy) is 2. The van der Waals surface area contributed by atoms with Crippen LogP contribution in [-0.4, -0.2) is 173 Å². The van der Waals surface area contributed by atoms with Crippen LogP contribution in [0.1, 0.15) is 85.3 Å². The second-order valence-electron chi connectivity index (χ2n) is 22.5. The molecule has 2 atom stereocenters. The van der Waals surface area contributed by atoms with Crippen LogP contribution in [0.5, 0.6) is 0 Å². The molecular weight excluding hydrogens is 957 g/mol. The van der Waals surface area contributed by atoms with Crippen molar-refractivity contribution < 1.29 is 23.7 Å². The Morgan fingerprint density at radius 2 is 1.20 bits per heavy atom. The topological polar surface area (TPSA) is 147 Å². The lowest BCUT2D eigenvalue weighted by Crippen LogP contribution is -2.56. The van der Waals surface area contributed by atoms with Crippen LogP contribution in [0.25, 0.3) is 33.5 Å². The largest absolute Gasteiger partial charge is 0.373 e. The molecular formula is C58H81N14O4+. The van der Waals surface area contributed by atoms with Gasteiger partial charge in [0.05, 0.1) is 46.1 Å². The fourth-order valence-corrected chi connectivity index (χ4v) is 12.1. The zero-order valence-corrected chi connectivity index (χ0v) is 46.4. The molecule has 0 spiro atoms. The number of pyridine rings is 2. The molecule has 0 radical (unpaired) electrons. The van der Waals surface area contributed by atoms with Crippen molar-refractivity contribution in [2.24, 2.45) is 0 Å². The van der Waals surface area contributed by atoms with E-state index in [0.717, 1.165) is 108 Å².